The van der Waals surface area contributed by atoms with Gasteiger partial charge in [-0.1, -0.05) is 24.3 Å². The predicted octanol–water partition coefficient (Wildman–Crippen LogP) is 3.62. The minimum atomic E-state index is 0. The number of nitrogens with one attached hydrogen (secondary N) is 2. The average molecular weight is 496 g/mol. The predicted molar refractivity (Wildman–Crippen MR) is 123 cm³/mol. The highest BCUT2D eigenvalue weighted by Crippen LogP contribution is 2.27. The Labute approximate surface area is 184 Å². The smallest absolute Gasteiger partial charge is 0.213 e. The lowest BCUT2D eigenvalue weighted by Gasteiger charge is -2.11. The summed E-state index contributed by atoms with van der Waals surface area (Å²) in [6, 6.07) is 13.6. The Morgan fingerprint density at radius 2 is 1.86 bits per heavy atom. The van der Waals surface area contributed by atoms with Gasteiger partial charge in [0.25, 0.3) is 0 Å². The van der Waals surface area contributed by atoms with Gasteiger partial charge in [-0.15, -0.1) is 24.0 Å². The summed E-state index contributed by atoms with van der Waals surface area (Å²) in [5, 5.41) is 6.67. The molecule has 1 aromatic carbocycles. The fourth-order valence-electron chi connectivity index (χ4n) is 2.49. The van der Waals surface area contributed by atoms with Gasteiger partial charge in [0.2, 0.25) is 5.88 Å². The Kier molecular flexibility index (Phi) is 9.88. The van der Waals surface area contributed by atoms with Crippen molar-refractivity contribution >= 4 is 29.9 Å². The largest absolute Gasteiger partial charge is 0.490 e. The van der Waals surface area contributed by atoms with E-state index in [0.717, 1.165) is 36.3 Å². The molecule has 0 bridgehead atoms. The topological polar surface area (TPSA) is 67.8 Å². The van der Waals surface area contributed by atoms with Crippen LogP contribution in [0.2, 0.25) is 0 Å². The Bertz CT molecular complexity index is 706. The van der Waals surface area contributed by atoms with E-state index in [1.807, 2.05) is 42.5 Å². The first kappa shape index (κ1) is 22.3. The number of para-hydroxylation sites is 1. The van der Waals surface area contributed by atoms with E-state index in [9.17, 15) is 0 Å². The van der Waals surface area contributed by atoms with Crippen molar-refractivity contribution in [3.05, 3.63) is 54.2 Å². The molecule has 0 atom stereocenters. The minimum Gasteiger partial charge on any atom is -0.490 e. The molecular formula is C21H29IN4O2. The molecular weight excluding hydrogens is 467 g/mol. The highest BCUT2D eigenvalue weighted by molar-refractivity contribution is 14.0. The maximum Gasteiger partial charge on any atom is 0.213 e. The number of aromatic nitrogens is 1. The maximum atomic E-state index is 5.62. The molecule has 1 aromatic heterocycles. The summed E-state index contributed by atoms with van der Waals surface area (Å²) in [6.07, 6.45) is 4.46. The molecule has 152 valence electrons. The molecule has 0 radical (unpaired) electrons. The van der Waals surface area contributed by atoms with Gasteiger partial charge in [0.15, 0.2) is 5.96 Å². The standard InChI is InChI=1S/C21H28N4O2.HI/c1-2-22-21(24-14-17-8-9-17)25-16-18-10-11-20(23-15-18)27-13-12-26-19-6-4-3-5-7-19;/h3-7,10-11,15,17H,2,8-9,12-14,16H2,1H3,(H2,22,24,25);1H. The summed E-state index contributed by atoms with van der Waals surface area (Å²) in [5.74, 6) is 3.12. The minimum absolute atomic E-state index is 0. The van der Waals surface area contributed by atoms with Crippen molar-refractivity contribution in [1.82, 2.24) is 15.6 Å². The molecule has 0 saturated heterocycles. The molecule has 1 fully saturated rings. The van der Waals surface area contributed by atoms with Crippen molar-refractivity contribution < 1.29 is 9.47 Å². The van der Waals surface area contributed by atoms with Crippen molar-refractivity contribution in [2.24, 2.45) is 10.9 Å². The van der Waals surface area contributed by atoms with Crippen LogP contribution in [-0.2, 0) is 6.54 Å². The second-order valence-corrected chi connectivity index (χ2v) is 6.53. The SMILES string of the molecule is CCNC(=NCc1ccc(OCCOc2ccccc2)nc1)NCC1CC1.I. The zero-order valence-corrected chi connectivity index (χ0v) is 18.6. The molecule has 1 aliphatic carbocycles. The summed E-state index contributed by atoms with van der Waals surface area (Å²) in [4.78, 5) is 8.96. The number of hydrogen-bond acceptors (Lipinski definition) is 4. The van der Waals surface area contributed by atoms with Crippen LogP contribution in [0, 0.1) is 5.92 Å². The molecule has 1 aliphatic rings. The molecule has 0 spiro atoms. The van der Waals surface area contributed by atoms with Crippen LogP contribution in [-0.4, -0.2) is 37.2 Å². The van der Waals surface area contributed by atoms with Gasteiger partial charge in [-0.3, -0.25) is 0 Å². The first-order valence-electron chi connectivity index (χ1n) is 9.61. The number of halogens is 1. The third kappa shape index (κ3) is 8.33. The molecule has 28 heavy (non-hydrogen) atoms. The van der Waals surface area contributed by atoms with Gasteiger partial charge in [-0.25, -0.2) is 9.98 Å². The fourth-order valence-corrected chi connectivity index (χ4v) is 2.49. The number of pyridine rings is 1. The lowest BCUT2D eigenvalue weighted by atomic mass is 10.3. The molecule has 3 rings (SSSR count). The number of hydrogen-bond donors (Lipinski definition) is 2. The molecule has 7 heteroatoms. The van der Waals surface area contributed by atoms with Crippen molar-refractivity contribution in [2.45, 2.75) is 26.3 Å². The molecule has 0 aliphatic heterocycles. The highest BCUT2D eigenvalue weighted by Gasteiger charge is 2.20. The average Bonchev–Trinajstić information content (AvgIpc) is 3.54. The van der Waals surface area contributed by atoms with E-state index in [1.54, 1.807) is 6.20 Å². The molecule has 0 unspecified atom stereocenters. The first-order chi connectivity index (χ1) is 13.3. The van der Waals surface area contributed by atoms with Crippen molar-refractivity contribution in [3.63, 3.8) is 0 Å². The lowest BCUT2D eigenvalue weighted by Crippen LogP contribution is -2.38. The molecule has 2 aromatic rings. The van der Waals surface area contributed by atoms with E-state index < -0.39 is 0 Å². The van der Waals surface area contributed by atoms with Crippen LogP contribution in [0.4, 0.5) is 0 Å². The summed E-state index contributed by atoms with van der Waals surface area (Å²) < 4.78 is 11.2. The summed E-state index contributed by atoms with van der Waals surface area (Å²) >= 11 is 0. The number of ether oxygens (including phenoxy) is 2. The summed E-state index contributed by atoms with van der Waals surface area (Å²) in [5.41, 5.74) is 1.05. The second-order valence-electron chi connectivity index (χ2n) is 6.53. The summed E-state index contributed by atoms with van der Waals surface area (Å²) in [7, 11) is 0. The number of benzene rings is 1. The molecule has 6 nitrogen and oxygen atoms in total. The first-order valence-corrected chi connectivity index (χ1v) is 9.61. The van der Waals surface area contributed by atoms with E-state index in [-0.39, 0.29) is 24.0 Å². The maximum absolute atomic E-state index is 5.62. The lowest BCUT2D eigenvalue weighted by molar-refractivity contribution is 0.212. The second kappa shape index (κ2) is 12.4. The third-order valence-corrected chi connectivity index (χ3v) is 4.16. The summed E-state index contributed by atoms with van der Waals surface area (Å²) in [6.45, 7) is 5.45. The van der Waals surface area contributed by atoms with Gasteiger partial charge in [-0.05, 0) is 43.4 Å². The van der Waals surface area contributed by atoms with Crippen LogP contribution < -0.4 is 20.1 Å². The zero-order chi connectivity index (χ0) is 18.7. The van der Waals surface area contributed by atoms with Crippen molar-refractivity contribution in [2.75, 3.05) is 26.3 Å². The van der Waals surface area contributed by atoms with Crippen LogP contribution in [0.5, 0.6) is 11.6 Å². The molecule has 2 N–H and O–H groups in total. The Morgan fingerprint density at radius 1 is 1.07 bits per heavy atom. The molecule has 1 heterocycles. The Balaban J connectivity index is 0.00000280. The van der Waals surface area contributed by atoms with Gasteiger partial charge in [-0.2, -0.15) is 0 Å². The van der Waals surface area contributed by atoms with E-state index in [4.69, 9.17) is 9.47 Å². The molecule has 1 saturated carbocycles. The van der Waals surface area contributed by atoms with Crippen LogP contribution in [0.3, 0.4) is 0 Å². The monoisotopic (exact) mass is 496 g/mol. The van der Waals surface area contributed by atoms with Gasteiger partial charge in [0.05, 0.1) is 6.54 Å². The van der Waals surface area contributed by atoms with Gasteiger partial charge in [0, 0.05) is 25.4 Å². The number of rotatable bonds is 10. The van der Waals surface area contributed by atoms with Gasteiger partial charge >= 0.3 is 0 Å². The van der Waals surface area contributed by atoms with Crippen LogP contribution in [0.15, 0.2) is 53.7 Å². The highest BCUT2D eigenvalue weighted by atomic mass is 127. The quantitative estimate of drug-likeness (QED) is 0.228. The van der Waals surface area contributed by atoms with Crippen LogP contribution in [0.1, 0.15) is 25.3 Å². The van der Waals surface area contributed by atoms with Crippen LogP contribution >= 0.6 is 24.0 Å². The van der Waals surface area contributed by atoms with E-state index >= 15 is 0 Å². The van der Waals surface area contributed by atoms with E-state index in [0.29, 0.717) is 25.6 Å². The number of aliphatic imine (C=N–C) groups is 1. The van der Waals surface area contributed by atoms with Gasteiger partial charge < -0.3 is 20.1 Å². The number of guanidine groups is 1. The third-order valence-electron chi connectivity index (χ3n) is 4.16. The number of nitrogens with zero attached hydrogens (tertiary/aromatic N) is 2. The Hall–Kier alpha value is -2.03. The van der Waals surface area contributed by atoms with E-state index in [1.165, 1.54) is 12.8 Å². The fraction of sp³-hybridized carbons (Fsp3) is 0.429. The van der Waals surface area contributed by atoms with Crippen molar-refractivity contribution in [1.29, 1.82) is 0 Å². The van der Waals surface area contributed by atoms with Crippen molar-refractivity contribution in [3.8, 4) is 11.6 Å². The van der Waals surface area contributed by atoms with Crippen LogP contribution in [0.25, 0.3) is 0 Å². The zero-order valence-electron chi connectivity index (χ0n) is 16.3. The normalized spacial score (nSPS) is 13.4. The Morgan fingerprint density at radius 3 is 2.54 bits per heavy atom. The van der Waals surface area contributed by atoms with E-state index in [2.05, 4.69) is 27.5 Å². The molecule has 0 amide bonds. The van der Waals surface area contributed by atoms with Gasteiger partial charge in [0.1, 0.15) is 19.0 Å².